The summed E-state index contributed by atoms with van der Waals surface area (Å²) >= 11 is 0. The molecule has 0 radical (unpaired) electrons. The lowest BCUT2D eigenvalue weighted by Gasteiger charge is -2.30. The second-order valence-corrected chi connectivity index (χ2v) is 7.12. The van der Waals surface area contributed by atoms with Gasteiger partial charge >= 0.3 is 6.03 Å². The number of carbonyl (C=O) groups excluding carboxylic acids is 1. The summed E-state index contributed by atoms with van der Waals surface area (Å²) in [5, 5.41) is 6.13. The van der Waals surface area contributed by atoms with E-state index in [1.165, 1.54) is 18.5 Å². The van der Waals surface area contributed by atoms with Crippen LogP contribution < -0.4 is 15.5 Å². The smallest absolute Gasteiger partial charge is 0.315 e. The molecule has 2 N–H and O–H groups in total. The summed E-state index contributed by atoms with van der Waals surface area (Å²) in [6, 6.07) is 8.32. The van der Waals surface area contributed by atoms with Gasteiger partial charge in [0, 0.05) is 31.9 Å². The third kappa shape index (κ3) is 4.07. The Morgan fingerprint density at radius 1 is 1.12 bits per heavy atom. The fraction of sp³-hybridized carbons (Fsp3) is 0.632. The molecule has 6 heteroatoms. The first-order valence-corrected chi connectivity index (χ1v) is 9.38. The Morgan fingerprint density at radius 2 is 1.92 bits per heavy atom. The van der Waals surface area contributed by atoms with Crippen molar-refractivity contribution in [2.24, 2.45) is 5.92 Å². The van der Waals surface area contributed by atoms with E-state index < -0.39 is 0 Å². The lowest BCUT2D eigenvalue weighted by atomic mass is 10.1. The van der Waals surface area contributed by atoms with Gasteiger partial charge in [0.05, 0.1) is 25.4 Å². The number of hydrogen-bond donors (Lipinski definition) is 2. The Morgan fingerprint density at radius 3 is 2.72 bits per heavy atom. The third-order valence-corrected chi connectivity index (χ3v) is 5.32. The van der Waals surface area contributed by atoms with E-state index in [2.05, 4.69) is 27.7 Å². The molecule has 0 aromatic heterocycles. The van der Waals surface area contributed by atoms with Crippen LogP contribution in [0.3, 0.4) is 0 Å². The molecule has 2 amide bonds. The van der Waals surface area contributed by atoms with Crippen molar-refractivity contribution in [3.8, 4) is 0 Å². The fourth-order valence-corrected chi connectivity index (χ4v) is 3.82. The number of carbonyl (C=O) groups is 1. The zero-order valence-electron chi connectivity index (χ0n) is 14.6. The van der Waals surface area contributed by atoms with E-state index in [0.717, 1.165) is 44.9 Å². The van der Waals surface area contributed by atoms with E-state index >= 15 is 0 Å². The number of nitrogens with zero attached hydrogens (tertiary/aromatic N) is 1. The summed E-state index contributed by atoms with van der Waals surface area (Å²) in [6.45, 7) is 4.59. The molecule has 0 spiro atoms. The first-order chi connectivity index (χ1) is 12.3. The quantitative estimate of drug-likeness (QED) is 0.855. The van der Waals surface area contributed by atoms with Gasteiger partial charge in [-0.15, -0.1) is 0 Å². The molecule has 25 heavy (non-hydrogen) atoms. The van der Waals surface area contributed by atoms with Gasteiger partial charge in [-0.3, -0.25) is 0 Å². The Labute approximate surface area is 148 Å². The molecular weight excluding hydrogens is 318 g/mol. The SMILES string of the molecule is O=C(NCc1ccccc1N1CCOCC1)N[C@H]1CCO[C@H]1C1CC1. The number of nitrogens with one attached hydrogen (secondary N) is 2. The highest BCUT2D eigenvalue weighted by molar-refractivity contribution is 5.74. The molecule has 4 rings (SSSR count). The zero-order valence-corrected chi connectivity index (χ0v) is 14.6. The maximum atomic E-state index is 12.3. The lowest BCUT2D eigenvalue weighted by molar-refractivity contribution is 0.0825. The average molecular weight is 345 g/mol. The molecule has 2 atom stereocenters. The van der Waals surface area contributed by atoms with Crippen LogP contribution >= 0.6 is 0 Å². The maximum absolute atomic E-state index is 12.3. The van der Waals surface area contributed by atoms with Gasteiger partial charge in [0.2, 0.25) is 0 Å². The molecule has 2 aliphatic heterocycles. The largest absolute Gasteiger partial charge is 0.378 e. The molecule has 3 fully saturated rings. The first kappa shape index (κ1) is 16.7. The Hall–Kier alpha value is -1.79. The molecule has 1 aliphatic carbocycles. The number of amides is 2. The van der Waals surface area contributed by atoms with Crippen molar-refractivity contribution in [1.82, 2.24) is 10.6 Å². The number of para-hydroxylation sites is 1. The van der Waals surface area contributed by atoms with Gasteiger partial charge in [-0.25, -0.2) is 4.79 Å². The molecule has 1 aromatic rings. The Balaban J connectivity index is 1.32. The van der Waals surface area contributed by atoms with Crippen molar-refractivity contribution in [2.45, 2.75) is 38.0 Å². The van der Waals surface area contributed by atoms with Crippen LogP contribution in [-0.2, 0) is 16.0 Å². The molecule has 136 valence electrons. The summed E-state index contributed by atoms with van der Waals surface area (Å²) in [4.78, 5) is 14.7. The molecule has 1 saturated carbocycles. The van der Waals surface area contributed by atoms with Gasteiger partial charge in [-0.05, 0) is 36.8 Å². The van der Waals surface area contributed by atoms with Crippen molar-refractivity contribution in [1.29, 1.82) is 0 Å². The zero-order chi connectivity index (χ0) is 17.1. The number of ether oxygens (including phenoxy) is 2. The Kier molecular flexibility index (Phi) is 5.08. The molecule has 0 unspecified atom stereocenters. The second kappa shape index (κ2) is 7.62. The van der Waals surface area contributed by atoms with Crippen LogP contribution in [0.2, 0.25) is 0 Å². The number of anilines is 1. The molecule has 2 saturated heterocycles. The molecular formula is C19H27N3O3. The molecule has 1 aromatic carbocycles. The van der Waals surface area contributed by atoms with Crippen molar-refractivity contribution in [2.75, 3.05) is 37.8 Å². The topological polar surface area (TPSA) is 62.8 Å². The minimum Gasteiger partial charge on any atom is -0.378 e. The number of rotatable bonds is 5. The fourth-order valence-electron chi connectivity index (χ4n) is 3.82. The average Bonchev–Trinajstić information content (AvgIpc) is 3.40. The van der Waals surface area contributed by atoms with Gasteiger partial charge in [-0.1, -0.05) is 18.2 Å². The summed E-state index contributed by atoms with van der Waals surface area (Å²) in [7, 11) is 0. The normalized spacial score (nSPS) is 26.5. The van der Waals surface area contributed by atoms with Crippen LogP contribution in [-0.4, -0.2) is 51.1 Å². The maximum Gasteiger partial charge on any atom is 0.315 e. The van der Waals surface area contributed by atoms with Gasteiger partial charge in [0.1, 0.15) is 0 Å². The Bertz CT molecular complexity index is 599. The van der Waals surface area contributed by atoms with Gasteiger partial charge in [0.25, 0.3) is 0 Å². The van der Waals surface area contributed by atoms with E-state index in [0.29, 0.717) is 12.5 Å². The molecule has 0 bridgehead atoms. The second-order valence-electron chi connectivity index (χ2n) is 7.12. The predicted octanol–water partition coefficient (Wildman–Crippen LogP) is 1.89. The van der Waals surface area contributed by atoms with Crippen LogP contribution in [0.4, 0.5) is 10.5 Å². The number of morpholine rings is 1. The minimum absolute atomic E-state index is 0.0991. The first-order valence-electron chi connectivity index (χ1n) is 9.38. The summed E-state index contributed by atoms with van der Waals surface area (Å²) in [5.74, 6) is 0.648. The van der Waals surface area contributed by atoms with E-state index in [1.54, 1.807) is 0 Å². The predicted molar refractivity (Wildman–Crippen MR) is 95.7 cm³/mol. The molecule has 6 nitrogen and oxygen atoms in total. The van der Waals surface area contributed by atoms with Crippen LogP contribution in [0.5, 0.6) is 0 Å². The van der Waals surface area contributed by atoms with Crippen molar-refractivity contribution in [3.05, 3.63) is 29.8 Å². The van der Waals surface area contributed by atoms with Crippen LogP contribution in [0.15, 0.2) is 24.3 Å². The van der Waals surface area contributed by atoms with Gasteiger partial charge in [0.15, 0.2) is 0 Å². The minimum atomic E-state index is -0.0991. The summed E-state index contributed by atoms with van der Waals surface area (Å²) in [6.07, 6.45) is 3.60. The molecule has 3 aliphatic rings. The molecule has 2 heterocycles. The van der Waals surface area contributed by atoms with Crippen molar-refractivity contribution in [3.63, 3.8) is 0 Å². The van der Waals surface area contributed by atoms with E-state index in [9.17, 15) is 4.79 Å². The standard InChI is InChI=1S/C19H27N3O3/c23-19(21-16-7-10-25-18(16)14-5-6-14)20-13-15-3-1-2-4-17(15)22-8-11-24-12-9-22/h1-4,14,16,18H,5-13H2,(H2,20,21,23)/t16-,18-/m0/s1. The number of urea groups is 1. The monoisotopic (exact) mass is 345 g/mol. The highest BCUT2D eigenvalue weighted by Gasteiger charge is 2.41. The van der Waals surface area contributed by atoms with Crippen molar-refractivity contribution >= 4 is 11.7 Å². The van der Waals surface area contributed by atoms with Gasteiger partial charge in [-0.2, -0.15) is 0 Å². The van der Waals surface area contributed by atoms with E-state index in [1.807, 2.05) is 12.1 Å². The van der Waals surface area contributed by atoms with E-state index in [-0.39, 0.29) is 18.2 Å². The van der Waals surface area contributed by atoms with Gasteiger partial charge < -0.3 is 25.0 Å². The summed E-state index contributed by atoms with van der Waals surface area (Å²) in [5.41, 5.74) is 2.33. The van der Waals surface area contributed by atoms with Crippen LogP contribution in [0, 0.1) is 5.92 Å². The van der Waals surface area contributed by atoms with Crippen LogP contribution in [0.1, 0.15) is 24.8 Å². The number of benzene rings is 1. The number of hydrogen-bond acceptors (Lipinski definition) is 4. The highest BCUT2D eigenvalue weighted by atomic mass is 16.5. The highest BCUT2D eigenvalue weighted by Crippen LogP contribution is 2.38. The van der Waals surface area contributed by atoms with E-state index in [4.69, 9.17) is 9.47 Å². The lowest BCUT2D eigenvalue weighted by Crippen LogP contribution is -2.46. The van der Waals surface area contributed by atoms with Crippen LogP contribution in [0.25, 0.3) is 0 Å². The van der Waals surface area contributed by atoms with Crippen molar-refractivity contribution < 1.29 is 14.3 Å². The summed E-state index contributed by atoms with van der Waals surface area (Å²) < 4.78 is 11.2. The third-order valence-electron chi connectivity index (χ3n) is 5.32.